The summed E-state index contributed by atoms with van der Waals surface area (Å²) in [6, 6.07) is 3.73. The van der Waals surface area contributed by atoms with E-state index >= 15 is 0 Å². The third-order valence-corrected chi connectivity index (χ3v) is 3.16. The highest BCUT2D eigenvalue weighted by atomic mass is 19.1. The van der Waals surface area contributed by atoms with E-state index in [9.17, 15) is 14.3 Å². The van der Waals surface area contributed by atoms with Crippen molar-refractivity contribution in [2.45, 2.75) is 13.0 Å². The van der Waals surface area contributed by atoms with Gasteiger partial charge in [0.05, 0.1) is 0 Å². The molecule has 92 valence electrons. The fourth-order valence-electron chi connectivity index (χ4n) is 2.04. The summed E-state index contributed by atoms with van der Waals surface area (Å²) in [7, 11) is 0. The van der Waals surface area contributed by atoms with Crippen molar-refractivity contribution in [1.29, 1.82) is 0 Å². The fourth-order valence-corrected chi connectivity index (χ4v) is 2.04. The fraction of sp³-hybridized carbons (Fsp3) is 0.417. The van der Waals surface area contributed by atoms with Crippen molar-refractivity contribution in [3.8, 4) is 5.75 Å². The topological polar surface area (TPSA) is 66.6 Å². The van der Waals surface area contributed by atoms with Crippen LogP contribution in [0.1, 0.15) is 17.3 Å². The number of phenols is 1. The van der Waals surface area contributed by atoms with E-state index in [-0.39, 0.29) is 23.3 Å². The molecule has 0 spiro atoms. The summed E-state index contributed by atoms with van der Waals surface area (Å²) in [5.41, 5.74) is 5.54. The van der Waals surface area contributed by atoms with Crippen molar-refractivity contribution in [2.24, 2.45) is 11.7 Å². The van der Waals surface area contributed by atoms with Crippen LogP contribution in [0.2, 0.25) is 0 Å². The van der Waals surface area contributed by atoms with Crippen molar-refractivity contribution in [3.63, 3.8) is 0 Å². The molecule has 1 aromatic rings. The first-order valence-electron chi connectivity index (χ1n) is 5.53. The molecule has 1 amide bonds. The molecule has 1 fully saturated rings. The number of nitrogens with two attached hydrogens (primary N) is 1. The second-order valence-corrected chi connectivity index (χ2v) is 4.49. The maximum atomic E-state index is 13.5. The predicted molar refractivity (Wildman–Crippen MR) is 61.1 cm³/mol. The van der Waals surface area contributed by atoms with E-state index < -0.39 is 11.7 Å². The highest BCUT2D eigenvalue weighted by molar-refractivity contribution is 5.97. The Balaban J connectivity index is 2.27. The van der Waals surface area contributed by atoms with E-state index in [4.69, 9.17) is 5.73 Å². The number of likely N-dealkylation sites (tertiary alicyclic amines) is 1. The van der Waals surface area contributed by atoms with Gasteiger partial charge in [-0.1, -0.05) is 13.0 Å². The monoisotopic (exact) mass is 238 g/mol. The van der Waals surface area contributed by atoms with Crippen LogP contribution in [0.3, 0.4) is 0 Å². The third kappa shape index (κ3) is 2.10. The molecule has 0 saturated carbocycles. The first-order valence-corrected chi connectivity index (χ1v) is 5.53. The van der Waals surface area contributed by atoms with Crippen LogP contribution in [0, 0.1) is 11.7 Å². The highest BCUT2D eigenvalue weighted by Crippen LogP contribution is 2.24. The first kappa shape index (κ1) is 11.9. The average molecular weight is 238 g/mol. The van der Waals surface area contributed by atoms with Crippen LogP contribution in [0.15, 0.2) is 18.2 Å². The SMILES string of the molecule is CC1CN(C(=O)c2c(O)cccc2F)CC1N. The highest BCUT2D eigenvalue weighted by Gasteiger charge is 2.32. The van der Waals surface area contributed by atoms with Gasteiger partial charge in [0.1, 0.15) is 17.1 Å². The molecule has 0 radical (unpaired) electrons. The molecule has 5 heteroatoms. The quantitative estimate of drug-likeness (QED) is 0.765. The van der Waals surface area contributed by atoms with Crippen LogP contribution in [-0.2, 0) is 0 Å². The van der Waals surface area contributed by atoms with Gasteiger partial charge in [-0.25, -0.2) is 4.39 Å². The summed E-state index contributed by atoms with van der Waals surface area (Å²) in [6.45, 7) is 2.83. The average Bonchev–Trinajstić information content (AvgIpc) is 2.59. The van der Waals surface area contributed by atoms with Crippen LogP contribution >= 0.6 is 0 Å². The summed E-state index contributed by atoms with van der Waals surface area (Å²) in [6.07, 6.45) is 0. The van der Waals surface area contributed by atoms with Crippen LogP contribution < -0.4 is 5.73 Å². The van der Waals surface area contributed by atoms with Crippen LogP contribution in [0.4, 0.5) is 4.39 Å². The molecule has 17 heavy (non-hydrogen) atoms. The van der Waals surface area contributed by atoms with E-state index in [1.807, 2.05) is 6.92 Å². The van der Waals surface area contributed by atoms with Crippen molar-refractivity contribution >= 4 is 5.91 Å². The van der Waals surface area contributed by atoms with Crippen molar-refractivity contribution < 1.29 is 14.3 Å². The Morgan fingerprint density at radius 3 is 2.76 bits per heavy atom. The van der Waals surface area contributed by atoms with E-state index in [2.05, 4.69) is 0 Å². The number of hydrogen-bond acceptors (Lipinski definition) is 3. The number of aromatic hydroxyl groups is 1. The van der Waals surface area contributed by atoms with Crippen LogP contribution in [0.5, 0.6) is 5.75 Å². The Morgan fingerprint density at radius 2 is 2.24 bits per heavy atom. The van der Waals surface area contributed by atoms with E-state index in [1.54, 1.807) is 0 Å². The molecule has 1 aliphatic rings. The van der Waals surface area contributed by atoms with Gasteiger partial charge in [0, 0.05) is 19.1 Å². The number of carbonyl (C=O) groups excluding carboxylic acids is 1. The lowest BCUT2D eigenvalue weighted by Gasteiger charge is -2.16. The molecule has 2 unspecified atom stereocenters. The van der Waals surface area contributed by atoms with E-state index in [0.717, 1.165) is 6.07 Å². The molecule has 1 aromatic carbocycles. The largest absolute Gasteiger partial charge is 0.507 e. The lowest BCUT2D eigenvalue weighted by molar-refractivity contribution is 0.0779. The lowest BCUT2D eigenvalue weighted by Crippen LogP contribution is -2.32. The van der Waals surface area contributed by atoms with E-state index in [1.165, 1.54) is 17.0 Å². The van der Waals surface area contributed by atoms with Gasteiger partial charge in [-0.05, 0) is 18.1 Å². The standard InChI is InChI=1S/C12H15FN2O2/c1-7-5-15(6-9(7)14)12(17)11-8(13)3-2-4-10(11)16/h2-4,7,9,16H,5-6,14H2,1H3. The molecule has 1 heterocycles. The number of phenolic OH excluding ortho intramolecular Hbond substituents is 1. The minimum absolute atomic E-state index is 0.0899. The Kier molecular flexibility index (Phi) is 3.02. The molecule has 2 rings (SSSR count). The maximum Gasteiger partial charge on any atom is 0.260 e. The lowest BCUT2D eigenvalue weighted by atomic mass is 10.1. The zero-order valence-electron chi connectivity index (χ0n) is 9.56. The second kappa shape index (κ2) is 4.33. The van der Waals surface area contributed by atoms with E-state index in [0.29, 0.717) is 13.1 Å². The van der Waals surface area contributed by atoms with Gasteiger partial charge in [0.2, 0.25) is 0 Å². The Morgan fingerprint density at radius 1 is 1.53 bits per heavy atom. The van der Waals surface area contributed by atoms with Crippen molar-refractivity contribution in [1.82, 2.24) is 4.90 Å². The number of halogens is 1. The van der Waals surface area contributed by atoms with Gasteiger partial charge in [-0.15, -0.1) is 0 Å². The van der Waals surface area contributed by atoms with Crippen LogP contribution in [0.25, 0.3) is 0 Å². The van der Waals surface area contributed by atoms with Gasteiger partial charge in [0.15, 0.2) is 0 Å². The Bertz CT molecular complexity index is 420. The number of benzene rings is 1. The first-order chi connectivity index (χ1) is 8.00. The summed E-state index contributed by atoms with van der Waals surface area (Å²) in [5, 5.41) is 9.54. The zero-order valence-corrected chi connectivity index (χ0v) is 9.56. The normalized spacial score (nSPS) is 24.1. The number of amides is 1. The minimum Gasteiger partial charge on any atom is -0.507 e. The van der Waals surface area contributed by atoms with Gasteiger partial charge < -0.3 is 15.7 Å². The number of rotatable bonds is 1. The van der Waals surface area contributed by atoms with Crippen molar-refractivity contribution in [3.05, 3.63) is 29.6 Å². The van der Waals surface area contributed by atoms with Gasteiger partial charge >= 0.3 is 0 Å². The molecular formula is C12H15FN2O2. The Hall–Kier alpha value is -1.62. The minimum atomic E-state index is -0.705. The molecule has 1 aliphatic heterocycles. The zero-order chi connectivity index (χ0) is 12.6. The summed E-state index contributed by atoms with van der Waals surface area (Å²) in [4.78, 5) is 13.5. The van der Waals surface area contributed by atoms with Crippen molar-refractivity contribution in [2.75, 3.05) is 13.1 Å². The third-order valence-electron chi connectivity index (χ3n) is 3.16. The summed E-state index contributed by atoms with van der Waals surface area (Å²) in [5.74, 6) is -1.35. The smallest absolute Gasteiger partial charge is 0.260 e. The molecular weight excluding hydrogens is 223 g/mol. The van der Waals surface area contributed by atoms with Gasteiger partial charge in [-0.3, -0.25) is 4.79 Å². The number of hydrogen-bond donors (Lipinski definition) is 2. The van der Waals surface area contributed by atoms with Gasteiger partial charge in [0.25, 0.3) is 5.91 Å². The molecule has 0 aliphatic carbocycles. The second-order valence-electron chi connectivity index (χ2n) is 4.49. The molecule has 2 atom stereocenters. The summed E-state index contributed by atoms with van der Waals surface area (Å²) < 4.78 is 13.5. The van der Waals surface area contributed by atoms with Crippen LogP contribution in [-0.4, -0.2) is 35.0 Å². The number of nitrogens with zero attached hydrogens (tertiary/aromatic N) is 1. The molecule has 4 nitrogen and oxygen atoms in total. The molecule has 1 saturated heterocycles. The molecule has 0 bridgehead atoms. The number of carbonyl (C=O) groups is 1. The Labute approximate surface area is 98.8 Å². The predicted octanol–water partition coefficient (Wildman–Crippen LogP) is 0.950. The maximum absolute atomic E-state index is 13.5. The molecule has 3 N–H and O–H groups in total. The van der Waals surface area contributed by atoms with Gasteiger partial charge in [-0.2, -0.15) is 0 Å². The summed E-state index contributed by atoms with van der Waals surface area (Å²) >= 11 is 0. The molecule has 0 aromatic heterocycles.